The molecule has 0 radical (unpaired) electrons. The molecule has 1 aromatic rings. The predicted molar refractivity (Wildman–Crippen MR) is 73.9 cm³/mol. The van der Waals surface area contributed by atoms with Crippen LogP contribution in [0.15, 0.2) is 18.2 Å². The summed E-state index contributed by atoms with van der Waals surface area (Å²) in [6, 6.07) is 4.72. The number of benzene rings is 1. The highest BCUT2D eigenvalue weighted by Gasteiger charge is 2.10. The lowest BCUT2D eigenvalue weighted by Gasteiger charge is -2.09. The van der Waals surface area contributed by atoms with Crippen molar-refractivity contribution in [2.75, 3.05) is 32.2 Å². The normalized spacial score (nSPS) is 10.2. The van der Waals surface area contributed by atoms with Gasteiger partial charge in [-0.15, -0.1) is 0 Å². The van der Waals surface area contributed by atoms with Crippen molar-refractivity contribution in [3.8, 4) is 5.75 Å². The molecule has 0 bridgehead atoms. The fraction of sp³-hybridized carbons (Fsp3) is 0.538. The van der Waals surface area contributed by atoms with Gasteiger partial charge in [0.25, 0.3) is 5.69 Å². The second kappa shape index (κ2) is 8.31. The maximum absolute atomic E-state index is 10.9. The third kappa shape index (κ3) is 5.56. The molecule has 0 saturated carbocycles. The van der Waals surface area contributed by atoms with Crippen LogP contribution in [0.25, 0.3) is 0 Å². The van der Waals surface area contributed by atoms with Crippen LogP contribution in [0.1, 0.15) is 19.8 Å². The number of hydrogen-bond donors (Lipinski definition) is 1. The first-order chi connectivity index (χ1) is 9.17. The van der Waals surface area contributed by atoms with Gasteiger partial charge in [0.1, 0.15) is 5.75 Å². The fourth-order valence-electron chi connectivity index (χ4n) is 1.54. The van der Waals surface area contributed by atoms with Crippen LogP contribution >= 0.6 is 0 Å². The second-order valence-electron chi connectivity index (χ2n) is 4.09. The standard InChI is InChI=1S/C13H20N2O4/c1-3-5-14-11-8-12(15(16)17)10-13(9-11)19-7-4-6-18-2/h8-10,14H,3-7H2,1-2H3. The maximum atomic E-state index is 10.9. The van der Waals surface area contributed by atoms with E-state index < -0.39 is 4.92 Å². The van der Waals surface area contributed by atoms with Gasteiger partial charge in [-0.3, -0.25) is 10.1 Å². The van der Waals surface area contributed by atoms with Crippen molar-refractivity contribution in [2.24, 2.45) is 0 Å². The van der Waals surface area contributed by atoms with Crippen molar-refractivity contribution in [3.05, 3.63) is 28.3 Å². The van der Waals surface area contributed by atoms with Gasteiger partial charge in [-0.1, -0.05) is 6.92 Å². The van der Waals surface area contributed by atoms with Gasteiger partial charge < -0.3 is 14.8 Å². The Bertz CT molecular complexity index is 410. The number of non-ortho nitro benzene ring substituents is 1. The molecule has 106 valence electrons. The lowest BCUT2D eigenvalue weighted by molar-refractivity contribution is -0.384. The molecule has 0 fully saturated rings. The molecule has 0 aliphatic rings. The van der Waals surface area contributed by atoms with Gasteiger partial charge in [-0.05, 0) is 6.42 Å². The SMILES string of the molecule is CCCNc1cc(OCCCOC)cc([N+](=O)[O-])c1. The number of hydrogen-bond acceptors (Lipinski definition) is 5. The molecule has 1 aromatic carbocycles. The van der Waals surface area contributed by atoms with E-state index in [1.807, 2.05) is 6.92 Å². The van der Waals surface area contributed by atoms with E-state index in [-0.39, 0.29) is 5.69 Å². The lowest BCUT2D eigenvalue weighted by Crippen LogP contribution is -2.04. The Labute approximate surface area is 112 Å². The summed E-state index contributed by atoms with van der Waals surface area (Å²) in [4.78, 5) is 10.4. The van der Waals surface area contributed by atoms with Crippen LogP contribution in [0.3, 0.4) is 0 Å². The summed E-state index contributed by atoms with van der Waals surface area (Å²) in [5, 5.41) is 14.0. The van der Waals surface area contributed by atoms with Gasteiger partial charge in [0, 0.05) is 44.5 Å². The molecule has 0 atom stereocenters. The van der Waals surface area contributed by atoms with Crippen molar-refractivity contribution >= 4 is 11.4 Å². The average molecular weight is 268 g/mol. The van der Waals surface area contributed by atoms with Gasteiger partial charge in [0.05, 0.1) is 17.6 Å². The minimum Gasteiger partial charge on any atom is -0.493 e. The Balaban J connectivity index is 2.72. The third-order valence-electron chi connectivity index (χ3n) is 2.44. The molecule has 1 N–H and O–H groups in total. The minimum atomic E-state index is -0.418. The smallest absolute Gasteiger partial charge is 0.275 e. The molecule has 0 aliphatic carbocycles. The van der Waals surface area contributed by atoms with E-state index in [4.69, 9.17) is 9.47 Å². The van der Waals surface area contributed by atoms with Gasteiger partial charge in [0.2, 0.25) is 0 Å². The van der Waals surface area contributed by atoms with Crippen molar-refractivity contribution in [2.45, 2.75) is 19.8 Å². The predicted octanol–water partition coefficient (Wildman–Crippen LogP) is 2.83. The van der Waals surface area contributed by atoms with Crippen LogP contribution < -0.4 is 10.1 Å². The van der Waals surface area contributed by atoms with E-state index in [0.29, 0.717) is 24.7 Å². The highest BCUT2D eigenvalue weighted by atomic mass is 16.6. The van der Waals surface area contributed by atoms with Crippen LogP contribution in [-0.4, -0.2) is 31.8 Å². The van der Waals surface area contributed by atoms with E-state index in [0.717, 1.165) is 19.4 Å². The first kappa shape index (κ1) is 15.2. The summed E-state index contributed by atoms with van der Waals surface area (Å²) in [7, 11) is 1.63. The summed E-state index contributed by atoms with van der Waals surface area (Å²) in [5.41, 5.74) is 0.737. The Hall–Kier alpha value is -1.82. The maximum Gasteiger partial charge on any atom is 0.275 e. The van der Waals surface area contributed by atoms with Crippen LogP contribution in [0, 0.1) is 10.1 Å². The van der Waals surface area contributed by atoms with E-state index in [1.165, 1.54) is 12.1 Å². The molecular formula is C13H20N2O4. The van der Waals surface area contributed by atoms with Crippen LogP contribution in [0.4, 0.5) is 11.4 Å². The molecule has 0 spiro atoms. The molecule has 1 rings (SSSR count). The largest absolute Gasteiger partial charge is 0.493 e. The highest BCUT2D eigenvalue weighted by Crippen LogP contribution is 2.26. The Kier molecular flexibility index (Phi) is 6.67. The molecule has 19 heavy (non-hydrogen) atoms. The summed E-state index contributed by atoms with van der Waals surface area (Å²) >= 11 is 0. The number of ether oxygens (including phenoxy) is 2. The number of anilines is 1. The molecular weight excluding hydrogens is 248 g/mol. The molecule has 0 heterocycles. The fourth-order valence-corrected chi connectivity index (χ4v) is 1.54. The topological polar surface area (TPSA) is 73.6 Å². The first-order valence-electron chi connectivity index (χ1n) is 6.32. The van der Waals surface area contributed by atoms with Crippen molar-refractivity contribution in [1.82, 2.24) is 0 Å². The number of nitrogens with one attached hydrogen (secondary N) is 1. The average Bonchev–Trinajstić information content (AvgIpc) is 2.41. The van der Waals surface area contributed by atoms with Crippen LogP contribution in [-0.2, 0) is 4.74 Å². The van der Waals surface area contributed by atoms with Gasteiger partial charge in [-0.2, -0.15) is 0 Å². The zero-order valence-corrected chi connectivity index (χ0v) is 11.3. The quantitative estimate of drug-likeness (QED) is 0.423. The van der Waals surface area contributed by atoms with Gasteiger partial charge >= 0.3 is 0 Å². The van der Waals surface area contributed by atoms with E-state index in [9.17, 15) is 10.1 Å². The summed E-state index contributed by atoms with van der Waals surface area (Å²) in [6.45, 7) is 3.88. The molecule has 6 heteroatoms. The van der Waals surface area contributed by atoms with Crippen LogP contribution in [0.2, 0.25) is 0 Å². The first-order valence-corrected chi connectivity index (χ1v) is 6.32. The molecule has 0 saturated heterocycles. The Morgan fingerprint density at radius 3 is 2.74 bits per heavy atom. The number of nitro benzene ring substituents is 1. The minimum absolute atomic E-state index is 0.0304. The third-order valence-corrected chi connectivity index (χ3v) is 2.44. The van der Waals surface area contributed by atoms with Crippen molar-refractivity contribution in [1.29, 1.82) is 0 Å². The van der Waals surface area contributed by atoms with Crippen molar-refractivity contribution < 1.29 is 14.4 Å². The summed E-state index contributed by atoms with van der Waals surface area (Å²) in [6.07, 6.45) is 1.70. The van der Waals surface area contributed by atoms with E-state index in [1.54, 1.807) is 13.2 Å². The number of rotatable bonds is 9. The molecule has 0 aliphatic heterocycles. The Morgan fingerprint density at radius 1 is 1.32 bits per heavy atom. The summed E-state index contributed by atoms with van der Waals surface area (Å²) < 4.78 is 10.4. The van der Waals surface area contributed by atoms with Crippen LogP contribution in [0.5, 0.6) is 5.75 Å². The van der Waals surface area contributed by atoms with Gasteiger partial charge in [0.15, 0.2) is 0 Å². The summed E-state index contributed by atoms with van der Waals surface area (Å²) in [5.74, 6) is 0.504. The van der Waals surface area contributed by atoms with E-state index in [2.05, 4.69) is 5.32 Å². The van der Waals surface area contributed by atoms with E-state index >= 15 is 0 Å². The van der Waals surface area contributed by atoms with Crippen molar-refractivity contribution in [3.63, 3.8) is 0 Å². The molecule has 0 aromatic heterocycles. The molecule has 0 unspecified atom stereocenters. The molecule has 0 amide bonds. The monoisotopic (exact) mass is 268 g/mol. The second-order valence-corrected chi connectivity index (χ2v) is 4.09. The number of methoxy groups -OCH3 is 1. The van der Waals surface area contributed by atoms with Gasteiger partial charge in [-0.25, -0.2) is 0 Å². The zero-order valence-electron chi connectivity index (χ0n) is 11.3. The molecule has 6 nitrogen and oxygen atoms in total. The highest BCUT2D eigenvalue weighted by molar-refractivity contribution is 5.56. The number of nitro groups is 1. The number of nitrogens with zero attached hydrogens (tertiary/aromatic N) is 1. The Morgan fingerprint density at radius 2 is 2.11 bits per heavy atom. The lowest BCUT2D eigenvalue weighted by atomic mass is 10.2. The zero-order chi connectivity index (χ0) is 14.1.